The minimum atomic E-state index is -0.648. The lowest BCUT2D eigenvalue weighted by Crippen LogP contribution is -2.54. The van der Waals surface area contributed by atoms with Crippen molar-refractivity contribution >= 4 is 46.6 Å². The zero-order valence-corrected chi connectivity index (χ0v) is 17.9. The fourth-order valence-electron chi connectivity index (χ4n) is 3.49. The van der Waals surface area contributed by atoms with Crippen molar-refractivity contribution in [3.05, 3.63) is 87.2 Å². The second-order valence-corrected chi connectivity index (χ2v) is 7.61. The van der Waals surface area contributed by atoms with Crippen LogP contribution in [0.2, 0.25) is 0 Å². The lowest BCUT2D eigenvalue weighted by atomic mass is 10.1. The summed E-state index contributed by atoms with van der Waals surface area (Å²) in [5.41, 5.74) is 2.43. The molecule has 1 aliphatic rings. The van der Waals surface area contributed by atoms with E-state index in [0.717, 1.165) is 11.1 Å². The van der Waals surface area contributed by atoms with Gasteiger partial charge in [0, 0.05) is 6.07 Å². The first-order chi connectivity index (χ1) is 15.3. The van der Waals surface area contributed by atoms with Crippen molar-refractivity contribution in [1.82, 2.24) is 5.32 Å². The quantitative estimate of drug-likeness (QED) is 0.210. The highest BCUT2D eigenvalue weighted by atomic mass is 32.1. The molecule has 0 unspecified atom stereocenters. The van der Waals surface area contributed by atoms with Crippen molar-refractivity contribution in [3.63, 3.8) is 0 Å². The van der Waals surface area contributed by atoms with Gasteiger partial charge in [0.1, 0.15) is 17.1 Å². The molecule has 0 atom stereocenters. The molecule has 1 aromatic heterocycles. The Kier molecular flexibility index (Phi) is 5.41. The third kappa shape index (κ3) is 3.81. The molecule has 2 amide bonds. The SMILES string of the molecule is Cc1ccc(N2C(=O)/C(=C\c3ccc(-c4ccccc4[N+](=O)[O-])o3)C(=O)NC2=S)c(C)c1. The Balaban J connectivity index is 1.71. The van der Waals surface area contributed by atoms with E-state index in [1.165, 1.54) is 23.1 Å². The maximum Gasteiger partial charge on any atom is 0.280 e. The van der Waals surface area contributed by atoms with Crippen LogP contribution in [0, 0.1) is 24.0 Å². The van der Waals surface area contributed by atoms with E-state index in [9.17, 15) is 19.7 Å². The molecule has 160 valence electrons. The summed E-state index contributed by atoms with van der Waals surface area (Å²) in [4.78, 5) is 37.8. The minimum Gasteiger partial charge on any atom is -0.456 e. The monoisotopic (exact) mass is 447 g/mol. The first-order valence-electron chi connectivity index (χ1n) is 9.58. The first kappa shape index (κ1) is 21.1. The smallest absolute Gasteiger partial charge is 0.280 e. The number of nitrogens with zero attached hydrogens (tertiary/aromatic N) is 2. The van der Waals surface area contributed by atoms with Crippen molar-refractivity contribution in [2.75, 3.05) is 4.90 Å². The van der Waals surface area contributed by atoms with Crippen LogP contribution in [0.1, 0.15) is 16.9 Å². The van der Waals surface area contributed by atoms with E-state index in [4.69, 9.17) is 16.6 Å². The zero-order chi connectivity index (χ0) is 23.0. The molecule has 32 heavy (non-hydrogen) atoms. The van der Waals surface area contributed by atoms with Gasteiger partial charge in [-0.3, -0.25) is 29.9 Å². The molecule has 8 nitrogen and oxygen atoms in total. The van der Waals surface area contributed by atoms with Crippen molar-refractivity contribution < 1.29 is 18.9 Å². The van der Waals surface area contributed by atoms with Crippen molar-refractivity contribution in [2.45, 2.75) is 13.8 Å². The normalized spacial score (nSPS) is 15.2. The third-order valence-electron chi connectivity index (χ3n) is 4.97. The van der Waals surface area contributed by atoms with Gasteiger partial charge in [0.25, 0.3) is 17.5 Å². The minimum absolute atomic E-state index is 0.0100. The zero-order valence-electron chi connectivity index (χ0n) is 17.1. The summed E-state index contributed by atoms with van der Waals surface area (Å²) in [6, 6.07) is 14.8. The number of furan rings is 1. The van der Waals surface area contributed by atoms with Crippen LogP contribution in [-0.4, -0.2) is 21.9 Å². The van der Waals surface area contributed by atoms with Crippen molar-refractivity contribution in [1.29, 1.82) is 0 Å². The van der Waals surface area contributed by atoms with E-state index in [0.29, 0.717) is 11.3 Å². The molecule has 1 fully saturated rings. The van der Waals surface area contributed by atoms with E-state index in [2.05, 4.69) is 5.32 Å². The van der Waals surface area contributed by atoms with Crippen molar-refractivity contribution in [3.8, 4) is 11.3 Å². The lowest BCUT2D eigenvalue weighted by Gasteiger charge is -2.30. The molecule has 0 aliphatic carbocycles. The van der Waals surface area contributed by atoms with Gasteiger partial charge in [0.15, 0.2) is 5.11 Å². The maximum absolute atomic E-state index is 13.2. The van der Waals surface area contributed by atoms with Gasteiger partial charge in [0.2, 0.25) is 0 Å². The van der Waals surface area contributed by atoms with Gasteiger partial charge in [-0.15, -0.1) is 0 Å². The maximum atomic E-state index is 13.2. The second kappa shape index (κ2) is 8.20. The number of nitro groups is 1. The lowest BCUT2D eigenvalue weighted by molar-refractivity contribution is -0.384. The number of nitrogens with one attached hydrogen (secondary N) is 1. The highest BCUT2D eigenvalue weighted by Crippen LogP contribution is 2.32. The summed E-state index contributed by atoms with van der Waals surface area (Å²) >= 11 is 5.24. The molecular weight excluding hydrogens is 430 g/mol. The number of carbonyl (C=O) groups is 2. The Bertz CT molecular complexity index is 1320. The highest BCUT2D eigenvalue weighted by Gasteiger charge is 2.35. The summed E-state index contributed by atoms with van der Waals surface area (Å²) in [5.74, 6) is -0.793. The van der Waals surface area contributed by atoms with Crippen LogP contribution in [0.3, 0.4) is 0 Å². The molecule has 2 aromatic carbocycles. The van der Waals surface area contributed by atoms with E-state index in [-0.39, 0.29) is 27.9 Å². The van der Waals surface area contributed by atoms with Gasteiger partial charge in [0.05, 0.1) is 16.2 Å². The number of nitro benzene ring substituents is 1. The standard InChI is InChI=1S/C23H17N3O5S/c1-13-7-9-18(14(2)11-13)25-22(28)17(21(27)24-23(25)32)12-15-8-10-20(31-15)16-5-3-4-6-19(16)26(29)30/h3-12H,1-2H3,(H,24,27,32)/b17-12-. The number of hydrogen-bond acceptors (Lipinski definition) is 6. The molecule has 1 saturated heterocycles. The molecule has 0 saturated carbocycles. The number of rotatable bonds is 4. The van der Waals surface area contributed by atoms with Gasteiger partial charge in [-0.05, 0) is 62.0 Å². The summed E-state index contributed by atoms with van der Waals surface area (Å²) in [6.07, 6.45) is 1.30. The average molecular weight is 447 g/mol. The van der Waals surface area contributed by atoms with Crippen LogP contribution in [0.5, 0.6) is 0 Å². The van der Waals surface area contributed by atoms with Gasteiger partial charge in [-0.2, -0.15) is 0 Å². The Morgan fingerprint density at radius 1 is 1.09 bits per heavy atom. The predicted octanol–water partition coefficient (Wildman–Crippen LogP) is 4.30. The first-order valence-corrected chi connectivity index (χ1v) is 9.99. The second-order valence-electron chi connectivity index (χ2n) is 7.22. The van der Waals surface area contributed by atoms with E-state index in [1.807, 2.05) is 26.0 Å². The number of amides is 2. The molecule has 4 rings (SSSR count). The fourth-order valence-corrected chi connectivity index (χ4v) is 3.77. The number of carbonyl (C=O) groups excluding carboxylic acids is 2. The Morgan fingerprint density at radius 2 is 1.84 bits per heavy atom. The number of hydrogen-bond donors (Lipinski definition) is 1. The average Bonchev–Trinajstić information content (AvgIpc) is 3.21. The Morgan fingerprint density at radius 3 is 2.56 bits per heavy atom. The molecular formula is C23H17N3O5S. The van der Waals surface area contributed by atoms with Crippen LogP contribution in [0.4, 0.5) is 11.4 Å². The molecule has 0 spiro atoms. The van der Waals surface area contributed by atoms with Crippen LogP contribution >= 0.6 is 12.2 Å². The number of aryl methyl sites for hydroxylation is 2. The van der Waals surface area contributed by atoms with Crippen LogP contribution in [0.25, 0.3) is 17.4 Å². The summed E-state index contributed by atoms with van der Waals surface area (Å²) in [7, 11) is 0. The molecule has 0 radical (unpaired) electrons. The molecule has 0 bridgehead atoms. The topological polar surface area (TPSA) is 106 Å². The van der Waals surface area contributed by atoms with E-state index >= 15 is 0 Å². The summed E-state index contributed by atoms with van der Waals surface area (Å²) in [5, 5.41) is 13.8. The Labute approximate surface area is 188 Å². The third-order valence-corrected chi connectivity index (χ3v) is 5.26. The molecule has 3 aromatic rings. The van der Waals surface area contributed by atoms with Crippen LogP contribution in [-0.2, 0) is 9.59 Å². The number of anilines is 1. The molecule has 1 aliphatic heterocycles. The van der Waals surface area contributed by atoms with Gasteiger partial charge in [-0.1, -0.05) is 29.8 Å². The van der Waals surface area contributed by atoms with Crippen molar-refractivity contribution in [2.24, 2.45) is 0 Å². The molecule has 1 N–H and O–H groups in total. The van der Waals surface area contributed by atoms with Gasteiger partial charge in [-0.25, -0.2) is 0 Å². The largest absolute Gasteiger partial charge is 0.456 e. The van der Waals surface area contributed by atoms with E-state index < -0.39 is 16.7 Å². The fraction of sp³-hybridized carbons (Fsp3) is 0.0870. The summed E-state index contributed by atoms with van der Waals surface area (Å²) in [6.45, 7) is 3.79. The Hall–Kier alpha value is -4.11. The number of thiocarbonyl (C=S) groups is 1. The molecule has 9 heteroatoms. The van der Waals surface area contributed by atoms with E-state index in [1.54, 1.807) is 30.3 Å². The van der Waals surface area contributed by atoms with Crippen LogP contribution in [0.15, 0.2) is 64.6 Å². The predicted molar refractivity (Wildman–Crippen MR) is 123 cm³/mol. The summed E-state index contributed by atoms with van der Waals surface area (Å²) < 4.78 is 5.70. The molecule has 2 heterocycles. The van der Waals surface area contributed by atoms with Gasteiger partial charge >= 0.3 is 0 Å². The van der Waals surface area contributed by atoms with Crippen LogP contribution < -0.4 is 10.2 Å². The van der Waals surface area contributed by atoms with Gasteiger partial charge < -0.3 is 4.42 Å². The number of benzene rings is 2. The highest BCUT2D eigenvalue weighted by molar-refractivity contribution is 7.80. The number of para-hydroxylation sites is 1.